The summed E-state index contributed by atoms with van der Waals surface area (Å²) in [6, 6.07) is 4.70. The second-order valence-electron chi connectivity index (χ2n) is 5.29. The van der Waals surface area contributed by atoms with Crippen LogP contribution in [0.15, 0.2) is 23.1 Å². The molecular weight excluding hydrogens is 310 g/mol. The third-order valence-electron chi connectivity index (χ3n) is 3.25. The van der Waals surface area contributed by atoms with Crippen molar-refractivity contribution in [1.29, 1.82) is 0 Å². The van der Waals surface area contributed by atoms with E-state index in [1.165, 1.54) is 10.4 Å². The number of hydrogen-bond donors (Lipinski definition) is 1. The Hall–Kier alpha value is -0.660. The van der Waals surface area contributed by atoms with Crippen molar-refractivity contribution in [1.82, 2.24) is 9.21 Å². The van der Waals surface area contributed by atoms with Gasteiger partial charge in [-0.3, -0.25) is 0 Å². The maximum Gasteiger partial charge on any atom is 0.244 e. The van der Waals surface area contributed by atoms with Crippen LogP contribution in [-0.2, 0) is 16.6 Å². The first-order valence-corrected chi connectivity index (χ1v) is 8.70. The second-order valence-corrected chi connectivity index (χ2v) is 7.55. The molecule has 1 aromatic carbocycles. The highest BCUT2D eigenvalue weighted by Crippen LogP contribution is 2.27. The zero-order valence-corrected chi connectivity index (χ0v) is 14.6. The third kappa shape index (κ3) is 4.40. The van der Waals surface area contributed by atoms with Gasteiger partial charge in [-0.05, 0) is 38.7 Å². The van der Waals surface area contributed by atoms with E-state index >= 15 is 0 Å². The Morgan fingerprint density at radius 3 is 2.38 bits per heavy atom. The lowest BCUT2D eigenvalue weighted by molar-refractivity contribution is 0.271. The lowest BCUT2D eigenvalue weighted by Crippen LogP contribution is -2.43. The topological polar surface area (TPSA) is 66.6 Å². The molecule has 0 aliphatic rings. The van der Waals surface area contributed by atoms with Gasteiger partial charge in [-0.15, -0.1) is 0 Å². The van der Waals surface area contributed by atoms with Gasteiger partial charge in [-0.1, -0.05) is 24.6 Å². The molecule has 0 aliphatic carbocycles. The van der Waals surface area contributed by atoms with Crippen LogP contribution in [0.1, 0.15) is 19.4 Å². The van der Waals surface area contributed by atoms with Gasteiger partial charge in [0.05, 0.1) is 5.02 Å². The molecule has 0 heterocycles. The van der Waals surface area contributed by atoms with Crippen LogP contribution >= 0.6 is 11.6 Å². The smallest absolute Gasteiger partial charge is 0.244 e. The molecule has 0 saturated carbocycles. The van der Waals surface area contributed by atoms with Gasteiger partial charge in [-0.2, -0.15) is 4.31 Å². The molecule has 1 unspecified atom stereocenters. The summed E-state index contributed by atoms with van der Waals surface area (Å²) in [5, 5.41) is 0.216. The van der Waals surface area contributed by atoms with Gasteiger partial charge < -0.3 is 10.6 Å². The number of likely N-dealkylation sites (N-methyl/N-ethyl adjacent to an activating group) is 2. The number of nitrogens with two attached hydrogens (primary N) is 1. The van der Waals surface area contributed by atoms with E-state index in [9.17, 15) is 8.42 Å². The molecule has 7 heteroatoms. The molecule has 120 valence electrons. The SMILES string of the molecule is CCN(C(C)CN(C)C)S(=O)(=O)c1ccc(CN)cc1Cl. The predicted molar refractivity (Wildman–Crippen MR) is 86.9 cm³/mol. The Morgan fingerprint density at radius 1 is 1.33 bits per heavy atom. The molecule has 0 radical (unpaired) electrons. The number of benzene rings is 1. The summed E-state index contributed by atoms with van der Waals surface area (Å²) in [4.78, 5) is 2.09. The molecule has 1 atom stereocenters. The Kier molecular flexibility index (Phi) is 6.62. The van der Waals surface area contributed by atoms with E-state index in [1.54, 1.807) is 12.1 Å². The van der Waals surface area contributed by atoms with Crippen molar-refractivity contribution in [3.63, 3.8) is 0 Å². The summed E-state index contributed by atoms with van der Waals surface area (Å²) in [6.07, 6.45) is 0. The fourth-order valence-electron chi connectivity index (χ4n) is 2.34. The lowest BCUT2D eigenvalue weighted by Gasteiger charge is -2.29. The zero-order chi connectivity index (χ0) is 16.2. The molecule has 21 heavy (non-hydrogen) atoms. The minimum absolute atomic E-state index is 0.133. The van der Waals surface area contributed by atoms with Gasteiger partial charge >= 0.3 is 0 Å². The van der Waals surface area contributed by atoms with Crippen molar-refractivity contribution in [3.05, 3.63) is 28.8 Å². The van der Waals surface area contributed by atoms with Crippen LogP contribution < -0.4 is 5.73 Å². The molecule has 2 N–H and O–H groups in total. The normalized spacial score (nSPS) is 13.9. The van der Waals surface area contributed by atoms with E-state index in [1.807, 2.05) is 32.8 Å². The van der Waals surface area contributed by atoms with Crippen LogP contribution in [0.5, 0.6) is 0 Å². The number of halogens is 1. The largest absolute Gasteiger partial charge is 0.326 e. The monoisotopic (exact) mass is 333 g/mol. The van der Waals surface area contributed by atoms with Crippen molar-refractivity contribution in [3.8, 4) is 0 Å². The van der Waals surface area contributed by atoms with Gasteiger partial charge in [0.2, 0.25) is 10.0 Å². The quantitative estimate of drug-likeness (QED) is 0.825. The van der Waals surface area contributed by atoms with Gasteiger partial charge in [0.25, 0.3) is 0 Å². The molecule has 5 nitrogen and oxygen atoms in total. The molecule has 1 rings (SSSR count). The van der Waals surface area contributed by atoms with E-state index < -0.39 is 10.0 Å². The number of rotatable bonds is 7. The first-order valence-electron chi connectivity index (χ1n) is 6.89. The van der Waals surface area contributed by atoms with Gasteiger partial charge in [0.15, 0.2) is 0 Å². The van der Waals surface area contributed by atoms with Crippen LogP contribution in [0.2, 0.25) is 5.02 Å². The molecule has 0 fully saturated rings. The maximum absolute atomic E-state index is 12.8. The Morgan fingerprint density at radius 2 is 1.95 bits per heavy atom. The Bertz CT molecular complexity index is 576. The fourth-order valence-corrected chi connectivity index (χ4v) is 4.52. The summed E-state index contributed by atoms with van der Waals surface area (Å²) in [5.41, 5.74) is 6.35. The molecule has 1 aromatic rings. The van der Waals surface area contributed by atoms with Crippen LogP contribution in [0.3, 0.4) is 0 Å². The molecule has 0 aliphatic heterocycles. The van der Waals surface area contributed by atoms with Crippen molar-refractivity contribution in [2.75, 3.05) is 27.2 Å². The average Bonchev–Trinajstić information content (AvgIpc) is 2.37. The van der Waals surface area contributed by atoms with Crippen LogP contribution in [0.4, 0.5) is 0 Å². The average molecular weight is 334 g/mol. The molecule has 0 spiro atoms. The number of hydrogen-bond acceptors (Lipinski definition) is 4. The van der Waals surface area contributed by atoms with Crippen LogP contribution in [0, 0.1) is 0 Å². The molecule has 0 bridgehead atoms. The zero-order valence-electron chi connectivity index (χ0n) is 13.0. The highest BCUT2D eigenvalue weighted by atomic mass is 35.5. The second kappa shape index (κ2) is 7.56. The third-order valence-corrected chi connectivity index (χ3v) is 5.82. The summed E-state index contributed by atoms with van der Waals surface area (Å²) >= 11 is 6.13. The maximum atomic E-state index is 12.8. The van der Waals surface area contributed by atoms with E-state index in [-0.39, 0.29) is 16.0 Å². The molecule has 0 amide bonds. The minimum atomic E-state index is -3.62. The highest BCUT2D eigenvalue weighted by molar-refractivity contribution is 7.89. The van der Waals surface area contributed by atoms with Crippen molar-refractivity contribution in [2.45, 2.75) is 31.3 Å². The first-order chi connectivity index (χ1) is 9.73. The molecule has 0 aromatic heterocycles. The summed E-state index contributed by atoms with van der Waals surface area (Å²) in [7, 11) is 0.216. The van der Waals surface area contributed by atoms with E-state index in [0.717, 1.165) is 5.56 Å². The highest BCUT2D eigenvalue weighted by Gasteiger charge is 2.29. The van der Waals surface area contributed by atoms with Crippen molar-refractivity contribution in [2.24, 2.45) is 5.73 Å². The van der Waals surface area contributed by atoms with E-state index in [2.05, 4.69) is 0 Å². The lowest BCUT2D eigenvalue weighted by atomic mass is 10.2. The minimum Gasteiger partial charge on any atom is -0.326 e. The Balaban J connectivity index is 3.18. The van der Waals surface area contributed by atoms with Gasteiger partial charge in [-0.25, -0.2) is 8.42 Å². The number of nitrogens with zero attached hydrogens (tertiary/aromatic N) is 2. The van der Waals surface area contributed by atoms with E-state index in [0.29, 0.717) is 19.6 Å². The molecular formula is C14H24ClN3O2S. The van der Waals surface area contributed by atoms with Crippen molar-refractivity contribution < 1.29 is 8.42 Å². The predicted octanol–water partition coefficient (Wildman–Crippen LogP) is 1.76. The summed E-state index contributed by atoms with van der Waals surface area (Å²) in [6.45, 7) is 5.08. The van der Waals surface area contributed by atoms with E-state index in [4.69, 9.17) is 17.3 Å². The Labute approximate surface area is 132 Å². The fraction of sp³-hybridized carbons (Fsp3) is 0.571. The van der Waals surface area contributed by atoms with Gasteiger partial charge in [0, 0.05) is 25.7 Å². The summed E-state index contributed by atoms with van der Waals surface area (Å²) in [5.74, 6) is 0. The molecule has 0 saturated heterocycles. The van der Waals surface area contributed by atoms with Crippen LogP contribution in [-0.4, -0.2) is 50.8 Å². The standard InChI is InChI=1S/C14H24ClN3O2S/c1-5-18(11(2)10-17(3)4)21(19,20)14-7-6-12(9-16)8-13(14)15/h6-8,11H,5,9-10,16H2,1-4H3. The van der Waals surface area contributed by atoms with Gasteiger partial charge in [0.1, 0.15) is 4.90 Å². The van der Waals surface area contributed by atoms with Crippen molar-refractivity contribution >= 4 is 21.6 Å². The first kappa shape index (κ1) is 18.4. The summed E-state index contributed by atoms with van der Waals surface area (Å²) < 4.78 is 27.1. The van der Waals surface area contributed by atoms with Crippen LogP contribution in [0.25, 0.3) is 0 Å². The number of sulfonamides is 1.